The third-order valence-electron chi connectivity index (χ3n) is 5.86. The number of carbonyl (C=O) groups excluding carboxylic acids is 1. The van der Waals surface area contributed by atoms with Gasteiger partial charge in [0, 0.05) is 23.4 Å². The van der Waals surface area contributed by atoms with E-state index < -0.39 is 5.63 Å². The number of para-hydroxylation sites is 1. The quantitative estimate of drug-likeness (QED) is 0.198. The first kappa shape index (κ1) is 26.3. The number of phenolic OH excluding ortho intramolecular Hbond substituents is 1. The van der Waals surface area contributed by atoms with Crippen LogP contribution in [0.3, 0.4) is 0 Å². The Morgan fingerprint density at radius 1 is 0.886 bits per heavy atom. The highest BCUT2D eigenvalue weighted by Crippen LogP contribution is 2.28. The van der Waals surface area contributed by atoms with E-state index in [-0.39, 0.29) is 17.4 Å². The number of phenols is 1. The summed E-state index contributed by atoms with van der Waals surface area (Å²) in [4.78, 5) is 27.8. The van der Waals surface area contributed by atoms with Gasteiger partial charge >= 0.3 is 11.6 Å². The molecule has 0 amide bonds. The normalized spacial score (nSPS) is 11.0. The molecule has 3 rings (SSSR count). The lowest BCUT2D eigenvalue weighted by Crippen LogP contribution is -2.04. The van der Waals surface area contributed by atoms with Crippen LogP contribution in [0.1, 0.15) is 71.1 Å². The number of hydrogen-bond acceptors (Lipinski definition) is 7. The Labute approximate surface area is 206 Å². The second-order valence-electron chi connectivity index (χ2n) is 8.61. The van der Waals surface area contributed by atoms with E-state index >= 15 is 0 Å². The highest BCUT2D eigenvalue weighted by molar-refractivity contribution is 5.81. The van der Waals surface area contributed by atoms with Crippen LogP contribution in [0.5, 0.6) is 11.6 Å². The summed E-state index contributed by atoms with van der Waals surface area (Å²) >= 11 is 0. The predicted molar refractivity (Wildman–Crippen MR) is 136 cm³/mol. The van der Waals surface area contributed by atoms with E-state index in [1.54, 1.807) is 36.4 Å². The highest BCUT2D eigenvalue weighted by atomic mass is 16.5. The van der Waals surface area contributed by atoms with Gasteiger partial charge in [0.25, 0.3) is 0 Å². The van der Waals surface area contributed by atoms with Gasteiger partial charge in [-0.2, -0.15) is 4.98 Å². The van der Waals surface area contributed by atoms with Gasteiger partial charge < -0.3 is 19.0 Å². The Kier molecular flexibility index (Phi) is 10.6. The molecule has 0 saturated heterocycles. The SMILES string of the molecule is CCC(=O)OCCCCCCCCCCCOc1ccc2cc(-c3ccccc3O)c(=O)oc2n1. The summed E-state index contributed by atoms with van der Waals surface area (Å²) < 4.78 is 16.2. The number of benzene rings is 1. The number of aromatic nitrogens is 1. The Morgan fingerprint density at radius 3 is 2.23 bits per heavy atom. The summed E-state index contributed by atoms with van der Waals surface area (Å²) in [6.07, 6.45) is 10.6. The van der Waals surface area contributed by atoms with Crippen molar-refractivity contribution < 1.29 is 23.8 Å². The van der Waals surface area contributed by atoms with Gasteiger partial charge in [0.2, 0.25) is 11.6 Å². The van der Waals surface area contributed by atoms with Crippen LogP contribution in [-0.4, -0.2) is 29.3 Å². The summed E-state index contributed by atoms with van der Waals surface area (Å²) in [7, 11) is 0. The van der Waals surface area contributed by atoms with Crippen LogP contribution in [-0.2, 0) is 9.53 Å². The molecule has 0 unspecified atom stereocenters. The predicted octanol–water partition coefficient (Wildman–Crippen LogP) is 6.40. The van der Waals surface area contributed by atoms with Crippen molar-refractivity contribution in [3.8, 4) is 22.8 Å². The molecule has 0 aliphatic rings. The Bertz CT molecular complexity index is 1140. The van der Waals surface area contributed by atoms with Crippen LogP contribution in [0.2, 0.25) is 0 Å². The Hall–Kier alpha value is -3.35. The van der Waals surface area contributed by atoms with Crippen LogP contribution < -0.4 is 10.4 Å². The molecule has 7 heteroatoms. The zero-order valence-corrected chi connectivity index (χ0v) is 20.5. The standard InChI is InChI=1S/C28H35NO6/c1-2-26(31)34-19-13-9-7-5-3-4-6-8-12-18-33-25-17-16-21-20-23(28(32)35-27(21)29-25)22-14-10-11-15-24(22)30/h10-11,14-17,20,30H,2-9,12-13,18-19H2,1H3. The molecule has 0 saturated carbocycles. The molecule has 0 bridgehead atoms. The van der Waals surface area contributed by atoms with E-state index in [1.807, 2.05) is 6.92 Å². The third kappa shape index (κ3) is 8.42. The average Bonchev–Trinajstić information content (AvgIpc) is 2.86. The fourth-order valence-corrected chi connectivity index (χ4v) is 3.86. The molecule has 0 radical (unpaired) electrons. The minimum Gasteiger partial charge on any atom is -0.507 e. The monoisotopic (exact) mass is 481 g/mol. The van der Waals surface area contributed by atoms with Crippen molar-refractivity contribution in [2.45, 2.75) is 71.1 Å². The van der Waals surface area contributed by atoms with E-state index in [0.717, 1.165) is 25.7 Å². The number of pyridine rings is 1. The van der Waals surface area contributed by atoms with Crippen molar-refractivity contribution in [3.05, 3.63) is 52.9 Å². The molecular weight excluding hydrogens is 446 g/mol. The minimum atomic E-state index is -0.552. The van der Waals surface area contributed by atoms with E-state index in [4.69, 9.17) is 13.9 Å². The van der Waals surface area contributed by atoms with Crippen molar-refractivity contribution in [2.24, 2.45) is 0 Å². The highest BCUT2D eigenvalue weighted by Gasteiger charge is 2.12. The molecule has 1 aromatic carbocycles. The van der Waals surface area contributed by atoms with E-state index in [0.29, 0.717) is 42.0 Å². The summed E-state index contributed by atoms with van der Waals surface area (Å²) in [5.74, 6) is 0.343. The van der Waals surface area contributed by atoms with Gasteiger partial charge in [-0.15, -0.1) is 0 Å². The number of aromatic hydroxyl groups is 1. The van der Waals surface area contributed by atoms with Crippen LogP contribution >= 0.6 is 0 Å². The van der Waals surface area contributed by atoms with Crippen LogP contribution in [0.15, 0.2) is 51.7 Å². The average molecular weight is 482 g/mol. The maximum absolute atomic E-state index is 12.4. The van der Waals surface area contributed by atoms with Gasteiger partial charge in [0.1, 0.15) is 5.75 Å². The van der Waals surface area contributed by atoms with E-state index in [2.05, 4.69) is 4.98 Å². The molecule has 3 aromatic rings. The number of esters is 1. The number of hydrogen-bond donors (Lipinski definition) is 1. The van der Waals surface area contributed by atoms with Crippen molar-refractivity contribution >= 4 is 17.1 Å². The number of nitrogens with zero attached hydrogens (tertiary/aromatic N) is 1. The first-order chi connectivity index (χ1) is 17.1. The van der Waals surface area contributed by atoms with E-state index in [9.17, 15) is 14.7 Å². The molecule has 0 aliphatic heterocycles. The zero-order valence-electron chi connectivity index (χ0n) is 20.5. The number of carbonyl (C=O) groups is 1. The van der Waals surface area contributed by atoms with Crippen molar-refractivity contribution in [1.82, 2.24) is 4.98 Å². The molecule has 35 heavy (non-hydrogen) atoms. The van der Waals surface area contributed by atoms with Gasteiger partial charge in [-0.3, -0.25) is 4.79 Å². The van der Waals surface area contributed by atoms with Gasteiger partial charge in [0.05, 0.1) is 18.8 Å². The molecule has 0 spiro atoms. The topological polar surface area (TPSA) is 98.9 Å². The van der Waals surface area contributed by atoms with Crippen molar-refractivity contribution in [2.75, 3.05) is 13.2 Å². The van der Waals surface area contributed by atoms with Crippen LogP contribution in [0, 0.1) is 0 Å². The second-order valence-corrected chi connectivity index (χ2v) is 8.61. The molecule has 2 aromatic heterocycles. The smallest absolute Gasteiger partial charge is 0.345 e. The molecule has 0 fully saturated rings. The fraction of sp³-hybridized carbons (Fsp3) is 0.464. The zero-order chi connectivity index (χ0) is 24.9. The molecule has 0 aliphatic carbocycles. The Morgan fingerprint density at radius 2 is 1.54 bits per heavy atom. The summed E-state index contributed by atoms with van der Waals surface area (Å²) in [6.45, 7) is 2.92. The molecule has 188 valence electrons. The number of rotatable bonds is 15. The summed E-state index contributed by atoms with van der Waals surface area (Å²) in [5, 5.41) is 10.7. The third-order valence-corrected chi connectivity index (χ3v) is 5.86. The van der Waals surface area contributed by atoms with Crippen molar-refractivity contribution in [1.29, 1.82) is 0 Å². The lowest BCUT2D eigenvalue weighted by atomic mass is 10.1. The lowest BCUT2D eigenvalue weighted by Gasteiger charge is -2.07. The number of unbranched alkanes of at least 4 members (excludes halogenated alkanes) is 8. The largest absolute Gasteiger partial charge is 0.507 e. The molecule has 2 heterocycles. The van der Waals surface area contributed by atoms with Gasteiger partial charge in [-0.1, -0.05) is 70.1 Å². The first-order valence-electron chi connectivity index (χ1n) is 12.6. The van der Waals surface area contributed by atoms with Crippen LogP contribution in [0.4, 0.5) is 0 Å². The lowest BCUT2D eigenvalue weighted by molar-refractivity contribution is -0.143. The number of fused-ring (bicyclic) bond motifs is 1. The summed E-state index contributed by atoms with van der Waals surface area (Å²) in [5.41, 5.74) is 0.389. The minimum absolute atomic E-state index is 0.0266. The van der Waals surface area contributed by atoms with Crippen LogP contribution in [0.25, 0.3) is 22.2 Å². The maximum Gasteiger partial charge on any atom is 0.345 e. The molecular formula is C28H35NO6. The van der Waals surface area contributed by atoms with E-state index in [1.165, 1.54) is 38.2 Å². The van der Waals surface area contributed by atoms with Gasteiger partial charge in [-0.05, 0) is 31.0 Å². The molecule has 1 N–H and O–H groups in total. The second kappa shape index (κ2) is 14.1. The van der Waals surface area contributed by atoms with Gasteiger partial charge in [0.15, 0.2) is 0 Å². The fourth-order valence-electron chi connectivity index (χ4n) is 3.86. The number of ether oxygens (including phenoxy) is 2. The Balaban J connectivity index is 1.32. The molecule has 7 nitrogen and oxygen atoms in total. The summed E-state index contributed by atoms with van der Waals surface area (Å²) in [6, 6.07) is 11.9. The first-order valence-corrected chi connectivity index (χ1v) is 12.6. The molecule has 0 atom stereocenters. The maximum atomic E-state index is 12.4. The van der Waals surface area contributed by atoms with Crippen molar-refractivity contribution in [3.63, 3.8) is 0 Å². The van der Waals surface area contributed by atoms with Gasteiger partial charge in [-0.25, -0.2) is 4.79 Å².